The molecule has 0 atom stereocenters. The lowest BCUT2D eigenvalue weighted by molar-refractivity contribution is 0.149. The molecule has 0 N–H and O–H groups in total. The fraction of sp³-hybridized carbons (Fsp3) is 0.125. The molecule has 0 unspecified atom stereocenters. The van der Waals surface area contributed by atoms with Gasteiger partial charge in [0.05, 0.1) is 13.2 Å². The molecule has 0 saturated heterocycles. The second-order valence-corrected chi connectivity index (χ2v) is 3.81. The number of hydrogen-bond acceptors (Lipinski definition) is 1. The van der Waals surface area contributed by atoms with E-state index in [1.54, 1.807) is 0 Å². The largest absolute Gasteiger partial charge is 0.373 e. The molecule has 0 spiro atoms. The molecule has 0 aliphatic carbocycles. The van der Waals surface area contributed by atoms with Gasteiger partial charge in [0, 0.05) is 0 Å². The van der Waals surface area contributed by atoms with Gasteiger partial charge in [-0.2, -0.15) is 0 Å². The maximum absolute atomic E-state index is 5.55. The van der Waals surface area contributed by atoms with Crippen molar-refractivity contribution in [2.45, 2.75) is 6.61 Å². The van der Waals surface area contributed by atoms with Gasteiger partial charge < -0.3 is 4.74 Å². The SMILES string of the molecule is C(=C/c1ccccc1)/COCc1ccccc1. The fourth-order valence-electron chi connectivity index (χ4n) is 1.57. The van der Waals surface area contributed by atoms with Gasteiger partial charge in [-0.15, -0.1) is 0 Å². The Morgan fingerprint density at radius 1 is 0.824 bits per heavy atom. The Bertz CT molecular complexity index is 445. The quantitative estimate of drug-likeness (QED) is 0.699. The van der Waals surface area contributed by atoms with Crippen molar-refractivity contribution < 1.29 is 4.74 Å². The molecule has 0 aromatic heterocycles. The Balaban J connectivity index is 1.72. The van der Waals surface area contributed by atoms with E-state index in [4.69, 9.17) is 4.74 Å². The lowest BCUT2D eigenvalue weighted by Crippen LogP contribution is -1.91. The van der Waals surface area contributed by atoms with Crippen LogP contribution in [0.15, 0.2) is 66.7 Å². The van der Waals surface area contributed by atoms with Gasteiger partial charge in [-0.05, 0) is 11.1 Å². The molecular formula is C16H16O. The van der Waals surface area contributed by atoms with E-state index in [9.17, 15) is 0 Å². The van der Waals surface area contributed by atoms with Crippen LogP contribution in [-0.2, 0) is 11.3 Å². The van der Waals surface area contributed by atoms with Gasteiger partial charge in [0.2, 0.25) is 0 Å². The van der Waals surface area contributed by atoms with Crippen LogP contribution in [-0.4, -0.2) is 6.61 Å². The van der Waals surface area contributed by atoms with E-state index in [-0.39, 0.29) is 0 Å². The smallest absolute Gasteiger partial charge is 0.0721 e. The van der Waals surface area contributed by atoms with Gasteiger partial charge in [0.15, 0.2) is 0 Å². The van der Waals surface area contributed by atoms with Crippen LogP contribution in [0.4, 0.5) is 0 Å². The number of benzene rings is 2. The summed E-state index contributed by atoms with van der Waals surface area (Å²) in [6, 6.07) is 20.4. The summed E-state index contributed by atoms with van der Waals surface area (Å²) in [6.45, 7) is 1.31. The first-order valence-electron chi connectivity index (χ1n) is 5.78. The maximum Gasteiger partial charge on any atom is 0.0721 e. The minimum absolute atomic E-state index is 0.643. The van der Waals surface area contributed by atoms with E-state index in [2.05, 4.69) is 30.3 Å². The molecule has 0 fully saturated rings. The van der Waals surface area contributed by atoms with Gasteiger partial charge in [0.1, 0.15) is 0 Å². The zero-order valence-corrected chi connectivity index (χ0v) is 9.75. The Morgan fingerprint density at radius 2 is 1.47 bits per heavy atom. The monoisotopic (exact) mass is 224 g/mol. The number of hydrogen-bond donors (Lipinski definition) is 0. The van der Waals surface area contributed by atoms with E-state index in [1.165, 1.54) is 11.1 Å². The van der Waals surface area contributed by atoms with E-state index < -0.39 is 0 Å². The van der Waals surface area contributed by atoms with Crippen molar-refractivity contribution >= 4 is 6.08 Å². The van der Waals surface area contributed by atoms with Crippen LogP contribution in [0.25, 0.3) is 6.08 Å². The lowest BCUT2D eigenvalue weighted by atomic mass is 10.2. The van der Waals surface area contributed by atoms with Crippen LogP contribution < -0.4 is 0 Å². The zero-order chi connectivity index (χ0) is 11.8. The topological polar surface area (TPSA) is 9.23 Å². The highest BCUT2D eigenvalue weighted by Gasteiger charge is 1.89. The van der Waals surface area contributed by atoms with Crippen LogP contribution >= 0.6 is 0 Å². The molecule has 17 heavy (non-hydrogen) atoms. The molecule has 1 heteroatoms. The summed E-state index contributed by atoms with van der Waals surface area (Å²) in [5.74, 6) is 0. The summed E-state index contributed by atoms with van der Waals surface area (Å²) in [5.41, 5.74) is 2.41. The van der Waals surface area contributed by atoms with Crippen molar-refractivity contribution in [3.8, 4) is 0 Å². The highest BCUT2D eigenvalue weighted by Crippen LogP contribution is 2.02. The standard InChI is InChI=1S/C16H16O/c1-3-8-15(9-4-1)12-7-13-17-14-16-10-5-2-6-11-16/h1-12H,13-14H2/b12-7-. The average molecular weight is 224 g/mol. The third-order valence-electron chi connectivity index (χ3n) is 2.44. The Labute approximate surface area is 102 Å². The molecular weight excluding hydrogens is 208 g/mol. The maximum atomic E-state index is 5.55. The first-order chi connectivity index (χ1) is 8.45. The zero-order valence-electron chi connectivity index (χ0n) is 9.75. The van der Waals surface area contributed by atoms with Crippen LogP contribution in [0.2, 0.25) is 0 Å². The summed E-state index contributed by atoms with van der Waals surface area (Å²) in [5, 5.41) is 0. The van der Waals surface area contributed by atoms with Crippen molar-refractivity contribution in [1.82, 2.24) is 0 Å². The highest BCUT2D eigenvalue weighted by atomic mass is 16.5. The molecule has 0 aliphatic heterocycles. The normalized spacial score (nSPS) is 10.8. The Morgan fingerprint density at radius 3 is 2.18 bits per heavy atom. The molecule has 2 aromatic carbocycles. The van der Waals surface area contributed by atoms with Crippen molar-refractivity contribution in [2.24, 2.45) is 0 Å². The molecule has 2 aromatic rings. The van der Waals surface area contributed by atoms with Crippen LogP contribution in [0.1, 0.15) is 11.1 Å². The summed E-state index contributed by atoms with van der Waals surface area (Å²) < 4.78 is 5.55. The predicted octanol–water partition coefficient (Wildman–Crippen LogP) is 3.92. The van der Waals surface area contributed by atoms with E-state index in [0.717, 1.165) is 0 Å². The number of ether oxygens (including phenoxy) is 1. The first-order valence-corrected chi connectivity index (χ1v) is 5.78. The molecule has 0 saturated carbocycles. The van der Waals surface area contributed by atoms with E-state index in [1.807, 2.05) is 42.5 Å². The minimum atomic E-state index is 0.643. The molecule has 1 nitrogen and oxygen atoms in total. The van der Waals surface area contributed by atoms with Crippen molar-refractivity contribution in [3.05, 3.63) is 77.9 Å². The Kier molecular flexibility index (Phi) is 4.56. The van der Waals surface area contributed by atoms with Crippen LogP contribution in [0.3, 0.4) is 0 Å². The van der Waals surface area contributed by atoms with Gasteiger partial charge in [-0.1, -0.05) is 72.8 Å². The second-order valence-electron chi connectivity index (χ2n) is 3.81. The number of rotatable bonds is 5. The molecule has 86 valence electrons. The highest BCUT2D eigenvalue weighted by molar-refractivity contribution is 5.48. The third kappa shape index (κ3) is 4.25. The summed E-state index contributed by atoms with van der Waals surface area (Å²) >= 11 is 0. The molecule has 0 radical (unpaired) electrons. The molecule has 0 bridgehead atoms. The fourth-order valence-corrected chi connectivity index (χ4v) is 1.57. The van der Waals surface area contributed by atoms with Gasteiger partial charge in [0.25, 0.3) is 0 Å². The minimum Gasteiger partial charge on any atom is -0.373 e. The van der Waals surface area contributed by atoms with Gasteiger partial charge >= 0.3 is 0 Å². The predicted molar refractivity (Wildman–Crippen MR) is 71.6 cm³/mol. The molecule has 0 heterocycles. The van der Waals surface area contributed by atoms with Crippen molar-refractivity contribution in [2.75, 3.05) is 6.61 Å². The van der Waals surface area contributed by atoms with Crippen molar-refractivity contribution in [1.29, 1.82) is 0 Å². The first kappa shape index (κ1) is 11.6. The average Bonchev–Trinajstić information content (AvgIpc) is 2.41. The van der Waals surface area contributed by atoms with Crippen molar-refractivity contribution in [3.63, 3.8) is 0 Å². The summed E-state index contributed by atoms with van der Waals surface area (Å²) in [4.78, 5) is 0. The van der Waals surface area contributed by atoms with E-state index >= 15 is 0 Å². The molecule has 2 rings (SSSR count). The van der Waals surface area contributed by atoms with Gasteiger partial charge in [-0.3, -0.25) is 0 Å². The Hall–Kier alpha value is -1.86. The lowest BCUT2D eigenvalue weighted by Gasteiger charge is -2.00. The molecule has 0 amide bonds. The van der Waals surface area contributed by atoms with Crippen LogP contribution in [0.5, 0.6) is 0 Å². The molecule has 0 aliphatic rings. The third-order valence-corrected chi connectivity index (χ3v) is 2.44. The summed E-state index contributed by atoms with van der Waals surface area (Å²) in [6.07, 6.45) is 4.11. The summed E-state index contributed by atoms with van der Waals surface area (Å²) in [7, 11) is 0. The second kappa shape index (κ2) is 6.66. The van der Waals surface area contributed by atoms with Gasteiger partial charge in [-0.25, -0.2) is 0 Å². The van der Waals surface area contributed by atoms with Crippen LogP contribution in [0, 0.1) is 0 Å². The van der Waals surface area contributed by atoms with E-state index in [0.29, 0.717) is 13.2 Å².